The van der Waals surface area contributed by atoms with Crippen molar-refractivity contribution >= 4 is 18.3 Å². The van der Waals surface area contributed by atoms with Crippen molar-refractivity contribution in [3.8, 4) is 0 Å². The number of halogens is 4. The molecular formula is C12H17ClF3N3O2. The molecular weight excluding hydrogens is 311 g/mol. The second-order valence-electron chi connectivity index (χ2n) is 4.57. The number of hydrogen-bond acceptors (Lipinski definition) is 4. The second-order valence-corrected chi connectivity index (χ2v) is 4.57. The third-order valence-corrected chi connectivity index (χ3v) is 3.21. The van der Waals surface area contributed by atoms with Crippen LogP contribution < -0.4 is 10.6 Å². The maximum absolute atomic E-state index is 13.1. The van der Waals surface area contributed by atoms with Gasteiger partial charge in [0.2, 0.25) is 0 Å². The Morgan fingerprint density at radius 2 is 2.10 bits per heavy atom. The number of nitrogens with zero attached hydrogens (tertiary/aromatic N) is 1. The van der Waals surface area contributed by atoms with Crippen molar-refractivity contribution in [1.82, 2.24) is 15.5 Å². The van der Waals surface area contributed by atoms with Crippen LogP contribution in [0, 0.1) is 0 Å². The standard InChI is InChI=1S/C12H16F3N3O2.ClH/c13-12(14,15)10(18-4-2-16-3-5-18)7-17-11(19)9-1-6-20-8-9;/h1,6,8,10,16H,2-5,7H2,(H,17,19);1H. The molecule has 1 saturated heterocycles. The Hall–Kier alpha value is -1.25. The molecule has 1 unspecified atom stereocenters. The third kappa shape index (κ3) is 4.90. The number of rotatable bonds is 4. The van der Waals surface area contributed by atoms with Crippen LogP contribution in [0.1, 0.15) is 10.4 Å². The van der Waals surface area contributed by atoms with Gasteiger partial charge in [0, 0.05) is 32.7 Å². The van der Waals surface area contributed by atoms with E-state index in [1.165, 1.54) is 23.5 Å². The summed E-state index contributed by atoms with van der Waals surface area (Å²) in [5, 5.41) is 5.31. The third-order valence-electron chi connectivity index (χ3n) is 3.21. The number of piperazine rings is 1. The second kappa shape index (κ2) is 7.67. The monoisotopic (exact) mass is 327 g/mol. The molecule has 0 saturated carbocycles. The molecule has 1 aromatic heterocycles. The fourth-order valence-electron chi connectivity index (χ4n) is 2.13. The van der Waals surface area contributed by atoms with Crippen molar-refractivity contribution in [3.63, 3.8) is 0 Å². The summed E-state index contributed by atoms with van der Waals surface area (Å²) in [6.07, 6.45) is -1.88. The zero-order chi connectivity index (χ0) is 14.6. The molecule has 0 spiro atoms. The fraction of sp³-hybridized carbons (Fsp3) is 0.583. The first-order chi connectivity index (χ1) is 9.48. The van der Waals surface area contributed by atoms with Crippen LogP contribution in [-0.4, -0.2) is 55.7 Å². The highest BCUT2D eigenvalue weighted by molar-refractivity contribution is 5.93. The van der Waals surface area contributed by atoms with Gasteiger partial charge >= 0.3 is 6.18 Å². The topological polar surface area (TPSA) is 57.5 Å². The molecule has 1 atom stereocenters. The van der Waals surface area contributed by atoms with Crippen LogP contribution in [0.2, 0.25) is 0 Å². The predicted molar refractivity (Wildman–Crippen MR) is 72.6 cm³/mol. The minimum absolute atomic E-state index is 0. The van der Waals surface area contributed by atoms with E-state index in [1.54, 1.807) is 0 Å². The summed E-state index contributed by atoms with van der Waals surface area (Å²) >= 11 is 0. The van der Waals surface area contributed by atoms with Crippen molar-refractivity contribution in [2.24, 2.45) is 0 Å². The van der Waals surface area contributed by atoms with Gasteiger partial charge in [0.1, 0.15) is 12.3 Å². The lowest BCUT2D eigenvalue weighted by atomic mass is 10.2. The van der Waals surface area contributed by atoms with Crippen LogP contribution in [0.4, 0.5) is 13.2 Å². The van der Waals surface area contributed by atoms with Crippen LogP contribution >= 0.6 is 12.4 Å². The molecule has 2 N–H and O–H groups in total. The molecule has 2 heterocycles. The van der Waals surface area contributed by atoms with Gasteiger partial charge in [-0.1, -0.05) is 0 Å². The molecule has 5 nitrogen and oxygen atoms in total. The molecule has 0 radical (unpaired) electrons. The summed E-state index contributed by atoms with van der Waals surface area (Å²) in [5.74, 6) is -0.567. The van der Waals surface area contributed by atoms with E-state index in [9.17, 15) is 18.0 Å². The number of carbonyl (C=O) groups excluding carboxylic acids is 1. The first-order valence-electron chi connectivity index (χ1n) is 6.30. The van der Waals surface area contributed by atoms with Crippen LogP contribution in [-0.2, 0) is 0 Å². The Labute approximate surface area is 126 Å². The zero-order valence-electron chi connectivity index (χ0n) is 11.2. The molecule has 1 amide bonds. The summed E-state index contributed by atoms with van der Waals surface area (Å²) in [4.78, 5) is 13.0. The Bertz CT molecular complexity index is 433. The van der Waals surface area contributed by atoms with Crippen molar-refractivity contribution < 1.29 is 22.4 Å². The molecule has 21 heavy (non-hydrogen) atoms. The number of nitrogens with one attached hydrogen (secondary N) is 2. The van der Waals surface area contributed by atoms with E-state index in [1.807, 2.05) is 0 Å². The molecule has 2 rings (SSSR count). The predicted octanol–water partition coefficient (Wildman–Crippen LogP) is 1.27. The van der Waals surface area contributed by atoms with Gasteiger partial charge in [-0.2, -0.15) is 13.2 Å². The molecule has 0 aliphatic carbocycles. The van der Waals surface area contributed by atoms with Crippen LogP contribution in [0.25, 0.3) is 0 Å². The lowest BCUT2D eigenvalue weighted by Crippen LogP contribution is -2.57. The highest BCUT2D eigenvalue weighted by Crippen LogP contribution is 2.24. The molecule has 1 aliphatic rings. The fourth-order valence-corrected chi connectivity index (χ4v) is 2.13. The minimum Gasteiger partial charge on any atom is -0.472 e. The summed E-state index contributed by atoms with van der Waals surface area (Å²) in [6, 6.07) is -0.261. The van der Waals surface area contributed by atoms with Crippen molar-refractivity contribution in [1.29, 1.82) is 0 Å². The van der Waals surface area contributed by atoms with Crippen LogP contribution in [0.3, 0.4) is 0 Å². The van der Waals surface area contributed by atoms with Gasteiger partial charge in [0.05, 0.1) is 11.8 Å². The SMILES string of the molecule is Cl.O=C(NCC(N1CCNCC1)C(F)(F)F)c1ccoc1. The summed E-state index contributed by atoms with van der Waals surface area (Å²) in [7, 11) is 0. The summed E-state index contributed by atoms with van der Waals surface area (Å²) in [5.41, 5.74) is 0.214. The Kier molecular flexibility index (Phi) is 6.50. The quantitative estimate of drug-likeness (QED) is 0.874. The normalized spacial score (nSPS) is 17.9. The lowest BCUT2D eigenvalue weighted by molar-refractivity contribution is -0.183. The van der Waals surface area contributed by atoms with Gasteiger partial charge in [-0.15, -0.1) is 12.4 Å². The van der Waals surface area contributed by atoms with Crippen molar-refractivity contribution in [2.75, 3.05) is 32.7 Å². The number of amides is 1. The van der Waals surface area contributed by atoms with Crippen molar-refractivity contribution in [2.45, 2.75) is 12.2 Å². The van der Waals surface area contributed by atoms with E-state index in [-0.39, 0.29) is 18.0 Å². The Balaban J connectivity index is 0.00000220. The summed E-state index contributed by atoms with van der Waals surface area (Å²) in [6.45, 7) is 1.19. The van der Waals surface area contributed by atoms with Gasteiger partial charge < -0.3 is 15.1 Å². The number of alkyl halides is 3. The number of carbonyl (C=O) groups is 1. The maximum atomic E-state index is 13.1. The zero-order valence-corrected chi connectivity index (χ0v) is 12.0. The van der Waals surface area contributed by atoms with E-state index < -0.39 is 24.7 Å². The van der Waals surface area contributed by atoms with Crippen LogP contribution in [0.15, 0.2) is 23.0 Å². The Morgan fingerprint density at radius 3 is 2.62 bits per heavy atom. The molecule has 0 bridgehead atoms. The Morgan fingerprint density at radius 1 is 1.43 bits per heavy atom. The molecule has 120 valence electrons. The molecule has 1 fully saturated rings. The molecule has 1 aliphatic heterocycles. The average Bonchev–Trinajstić information content (AvgIpc) is 2.92. The average molecular weight is 328 g/mol. The van der Waals surface area contributed by atoms with E-state index in [2.05, 4.69) is 10.6 Å². The first kappa shape index (κ1) is 17.8. The lowest BCUT2D eigenvalue weighted by Gasteiger charge is -2.35. The highest BCUT2D eigenvalue weighted by atomic mass is 35.5. The van der Waals surface area contributed by atoms with Gasteiger partial charge in [-0.05, 0) is 6.07 Å². The number of furan rings is 1. The molecule has 0 aromatic carbocycles. The smallest absolute Gasteiger partial charge is 0.405 e. The van der Waals surface area contributed by atoms with E-state index in [0.717, 1.165) is 0 Å². The largest absolute Gasteiger partial charge is 0.472 e. The van der Waals surface area contributed by atoms with Gasteiger partial charge in [0.15, 0.2) is 0 Å². The number of hydrogen-bond donors (Lipinski definition) is 2. The van der Waals surface area contributed by atoms with E-state index in [4.69, 9.17) is 4.42 Å². The van der Waals surface area contributed by atoms with Crippen molar-refractivity contribution in [3.05, 3.63) is 24.2 Å². The van der Waals surface area contributed by atoms with Gasteiger partial charge in [-0.3, -0.25) is 9.69 Å². The molecule has 1 aromatic rings. The maximum Gasteiger partial charge on any atom is 0.405 e. The van der Waals surface area contributed by atoms with E-state index in [0.29, 0.717) is 26.2 Å². The van der Waals surface area contributed by atoms with Crippen LogP contribution in [0.5, 0.6) is 0 Å². The van der Waals surface area contributed by atoms with Gasteiger partial charge in [-0.25, -0.2) is 0 Å². The summed E-state index contributed by atoms with van der Waals surface area (Å²) < 4.78 is 43.9. The molecule has 9 heteroatoms. The first-order valence-corrected chi connectivity index (χ1v) is 6.30. The van der Waals surface area contributed by atoms with E-state index >= 15 is 0 Å². The minimum atomic E-state index is -4.37. The van der Waals surface area contributed by atoms with Gasteiger partial charge in [0.25, 0.3) is 5.91 Å². The highest BCUT2D eigenvalue weighted by Gasteiger charge is 2.43.